The van der Waals surface area contributed by atoms with Gasteiger partial charge >= 0.3 is 0 Å². The van der Waals surface area contributed by atoms with Gasteiger partial charge in [0.15, 0.2) is 0 Å². The molecule has 1 aromatic carbocycles. The second kappa shape index (κ2) is 7.65. The number of ether oxygens (including phenoxy) is 1. The van der Waals surface area contributed by atoms with Gasteiger partial charge in [-0.2, -0.15) is 0 Å². The lowest BCUT2D eigenvalue weighted by atomic mass is 9.97. The van der Waals surface area contributed by atoms with Crippen molar-refractivity contribution in [3.8, 4) is 5.75 Å². The Kier molecular flexibility index (Phi) is 5.86. The summed E-state index contributed by atoms with van der Waals surface area (Å²) in [6, 6.07) is 8.88. The fourth-order valence-electron chi connectivity index (χ4n) is 3.01. The maximum atomic E-state index is 5.45. The van der Waals surface area contributed by atoms with Crippen LogP contribution in [0.5, 0.6) is 5.75 Å². The summed E-state index contributed by atoms with van der Waals surface area (Å²) in [5, 5.41) is 3.50. The van der Waals surface area contributed by atoms with Crippen molar-refractivity contribution in [1.82, 2.24) is 10.2 Å². The smallest absolute Gasteiger partial charge is 0.122 e. The molecule has 0 spiro atoms. The molecule has 2 rings (SSSR count). The van der Waals surface area contributed by atoms with Crippen LogP contribution in [0.1, 0.15) is 25.3 Å². The summed E-state index contributed by atoms with van der Waals surface area (Å²) in [5.74, 6) is 1.81. The van der Waals surface area contributed by atoms with Crippen molar-refractivity contribution in [2.45, 2.75) is 32.2 Å². The molecule has 112 valence electrons. The highest BCUT2D eigenvalue weighted by atomic mass is 16.5. The maximum absolute atomic E-state index is 5.45. The molecule has 1 aromatic rings. The van der Waals surface area contributed by atoms with Crippen LogP contribution in [0.2, 0.25) is 0 Å². The fourth-order valence-corrected chi connectivity index (χ4v) is 3.01. The predicted molar refractivity (Wildman–Crippen MR) is 84.4 cm³/mol. The first kappa shape index (κ1) is 15.3. The Labute approximate surface area is 123 Å². The molecule has 1 N–H and O–H groups in total. The summed E-state index contributed by atoms with van der Waals surface area (Å²) in [4.78, 5) is 2.49. The molecule has 0 aromatic heterocycles. The van der Waals surface area contributed by atoms with Gasteiger partial charge in [0.05, 0.1) is 7.11 Å². The number of para-hydroxylation sites is 1. The molecule has 0 radical (unpaired) electrons. The molecule has 0 amide bonds. The lowest BCUT2D eigenvalue weighted by molar-refractivity contribution is 0.196. The molecule has 1 fully saturated rings. The molecule has 0 bridgehead atoms. The average molecular weight is 276 g/mol. The van der Waals surface area contributed by atoms with Crippen LogP contribution in [-0.2, 0) is 6.42 Å². The van der Waals surface area contributed by atoms with E-state index >= 15 is 0 Å². The molecule has 0 aliphatic carbocycles. The van der Waals surface area contributed by atoms with Crippen molar-refractivity contribution < 1.29 is 4.74 Å². The SMILES string of the molecule is COc1ccccc1CC(C)N(C)CC1CCCNC1. The number of methoxy groups -OCH3 is 1. The number of likely N-dealkylation sites (N-methyl/N-ethyl adjacent to an activating group) is 1. The minimum atomic E-state index is 0.535. The highest BCUT2D eigenvalue weighted by Gasteiger charge is 2.18. The molecule has 20 heavy (non-hydrogen) atoms. The van der Waals surface area contributed by atoms with Crippen LogP contribution in [0.3, 0.4) is 0 Å². The summed E-state index contributed by atoms with van der Waals surface area (Å²) >= 11 is 0. The van der Waals surface area contributed by atoms with Crippen molar-refractivity contribution >= 4 is 0 Å². The van der Waals surface area contributed by atoms with Crippen LogP contribution in [0.4, 0.5) is 0 Å². The first-order chi connectivity index (χ1) is 9.70. The zero-order valence-electron chi connectivity index (χ0n) is 13.1. The predicted octanol–water partition coefficient (Wildman–Crippen LogP) is 2.56. The van der Waals surface area contributed by atoms with E-state index in [0.29, 0.717) is 6.04 Å². The Morgan fingerprint density at radius 2 is 2.20 bits per heavy atom. The largest absolute Gasteiger partial charge is 0.496 e. The van der Waals surface area contributed by atoms with Gasteiger partial charge in [-0.25, -0.2) is 0 Å². The highest BCUT2D eigenvalue weighted by molar-refractivity contribution is 5.33. The summed E-state index contributed by atoms with van der Waals surface area (Å²) < 4.78 is 5.45. The van der Waals surface area contributed by atoms with Gasteiger partial charge in [-0.1, -0.05) is 18.2 Å². The number of rotatable bonds is 6. The van der Waals surface area contributed by atoms with Crippen LogP contribution in [0.15, 0.2) is 24.3 Å². The Hall–Kier alpha value is -1.06. The van der Waals surface area contributed by atoms with Crippen molar-refractivity contribution in [1.29, 1.82) is 0 Å². The van der Waals surface area contributed by atoms with Gasteiger partial charge in [0, 0.05) is 12.6 Å². The Balaban J connectivity index is 1.88. The van der Waals surface area contributed by atoms with Gasteiger partial charge < -0.3 is 15.0 Å². The minimum absolute atomic E-state index is 0.535. The van der Waals surface area contributed by atoms with Crippen molar-refractivity contribution in [3.63, 3.8) is 0 Å². The fraction of sp³-hybridized carbons (Fsp3) is 0.647. The van der Waals surface area contributed by atoms with Gasteiger partial charge in [0.2, 0.25) is 0 Å². The number of nitrogens with one attached hydrogen (secondary N) is 1. The number of hydrogen-bond acceptors (Lipinski definition) is 3. The van der Waals surface area contributed by atoms with Gasteiger partial charge in [-0.3, -0.25) is 0 Å². The highest BCUT2D eigenvalue weighted by Crippen LogP contribution is 2.21. The third kappa shape index (κ3) is 4.22. The number of nitrogens with zero attached hydrogens (tertiary/aromatic N) is 1. The van der Waals surface area contributed by atoms with E-state index in [-0.39, 0.29) is 0 Å². The van der Waals surface area contributed by atoms with Crippen LogP contribution in [0, 0.1) is 5.92 Å². The van der Waals surface area contributed by atoms with E-state index in [1.165, 1.54) is 38.0 Å². The molecular weight excluding hydrogens is 248 g/mol. The Morgan fingerprint density at radius 1 is 1.40 bits per heavy atom. The van der Waals surface area contributed by atoms with E-state index in [0.717, 1.165) is 18.1 Å². The standard InChI is InChI=1S/C17H28N2O/c1-14(11-16-8-4-5-9-17(16)20-3)19(2)13-15-7-6-10-18-12-15/h4-5,8-9,14-15,18H,6-7,10-13H2,1-3H3. The molecule has 0 saturated carbocycles. The van der Waals surface area contributed by atoms with Gasteiger partial charge in [-0.05, 0) is 63.9 Å². The second-order valence-corrected chi connectivity index (χ2v) is 6.02. The summed E-state index contributed by atoms with van der Waals surface area (Å²) in [6.45, 7) is 5.86. The van der Waals surface area contributed by atoms with Gasteiger partial charge in [-0.15, -0.1) is 0 Å². The van der Waals surface area contributed by atoms with E-state index in [2.05, 4.69) is 36.3 Å². The van der Waals surface area contributed by atoms with Gasteiger partial charge in [0.1, 0.15) is 5.75 Å². The zero-order chi connectivity index (χ0) is 14.4. The normalized spacial score (nSPS) is 20.9. The zero-order valence-corrected chi connectivity index (χ0v) is 13.1. The molecule has 1 heterocycles. The number of hydrogen-bond donors (Lipinski definition) is 1. The summed E-state index contributed by atoms with van der Waals surface area (Å²) in [5.41, 5.74) is 1.30. The molecule has 1 aliphatic rings. The molecule has 1 aliphatic heterocycles. The first-order valence-corrected chi connectivity index (χ1v) is 7.73. The van der Waals surface area contributed by atoms with E-state index in [1.807, 2.05) is 12.1 Å². The average Bonchev–Trinajstić information content (AvgIpc) is 2.48. The topological polar surface area (TPSA) is 24.5 Å². The lowest BCUT2D eigenvalue weighted by Crippen LogP contribution is -2.40. The van der Waals surface area contributed by atoms with E-state index in [9.17, 15) is 0 Å². The summed E-state index contributed by atoms with van der Waals surface area (Å²) in [6.07, 6.45) is 3.72. The molecule has 2 unspecified atom stereocenters. The minimum Gasteiger partial charge on any atom is -0.496 e. The number of piperidine rings is 1. The second-order valence-electron chi connectivity index (χ2n) is 6.02. The van der Waals surface area contributed by atoms with Crippen molar-refractivity contribution in [2.75, 3.05) is 33.8 Å². The Bertz CT molecular complexity index is 402. The number of benzene rings is 1. The van der Waals surface area contributed by atoms with Gasteiger partial charge in [0.25, 0.3) is 0 Å². The monoisotopic (exact) mass is 276 g/mol. The van der Waals surface area contributed by atoms with Crippen molar-refractivity contribution in [2.24, 2.45) is 5.92 Å². The molecular formula is C17H28N2O. The van der Waals surface area contributed by atoms with E-state index in [4.69, 9.17) is 4.74 Å². The Morgan fingerprint density at radius 3 is 2.90 bits per heavy atom. The lowest BCUT2D eigenvalue weighted by Gasteiger charge is -2.31. The quantitative estimate of drug-likeness (QED) is 0.864. The van der Waals surface area contributed by atoms with Crippen LogP contribution in [0.25, 0.3) is 0 Å². The van der Waals surface area contributed by atoms with E-state index < -0.39 is 0 Å². The third-order valence-electron chi connectivity index (χ3n) is 4.41. The summed E-state index contributed by atoms with van der Waals surface area (Å²) in [7, 11) is 4.00. The van der Waals surface area contributed by atoms with Crippen molar-refractivity contribution in [3.05, 3.63) is 29.8 Å². The molecule has 3 nitrogen and oxygen atoms in total. The molecule has 3 heteroatoms. The van der Waals surface area contributed by atoms with E-state index in [1.54, 1.807) is 7.11 Å². The first-order valence-electron chi connectivity index (χ1n) is 7.73. The van der Waals surface area contributed by atoms with Crippen LogP contribution < -0.4 is 10.1 Å². The van der Waals surface area contributed by atoms with Crippen LogP contribution >= 0.6 is 0 Å². The maximum Gasteiger partial charge on any atom is 0.122 e. The molecule has 2 atom stereocenters. The third-order valence-corrected chi connectivity index (χ3v) is 4.41. The molecule has 1 saturated heterocycles. The van der Waals surface area contributed by atoms with Crippen LogP contribution in [-0.4, -0.2) is 44.7 Å².